The molecule has 2 N–H and O–H groups in total. The molecule has 2 heterocycles. The fourth-order valence-corrected chi connectivity index (χ4v) is 4.51. The summed E-state index contributed by atoms with van der Waals surface area (Å²) in [4.78, 5) is 24.5. The van der Waals surface area contributed by atoms with Gasteiger partial charge in [0.1, 0.15) is 5.58 Å². The molecule has 5 nitrogen and oxygen atoms in total. The zero-order valence-electron chi connectivity index (χ0n) is 14.5. The molecular formula is C20H24N2O3. The minimum Gasteiger partial charge on any atom is -0.451 e. The Morgan fingerprint density at radius 2 is 2.16 bits per heavy atom. The van der Waals surface area contributed by atoms with Gasteiger partial charge in [0, 0.05) is 23.9 Å². The monoisotopic (exact) mass is 340 g/mol. The van der Waals surface area contributed by atoms with E-state index < -0.39 is 0 Å². The lowest BCUT2D eigenvalue weighted by molar-refractivity contribution is -0.127. The molecule has 1 saturated heterocycles. The van der Waals surface area contributed by atoms with Gasteiger partial charge in [-0.3, -0.25) is 9.59 Å². The first kappa shape index (κ1) is 16.2. The first-order valence-corrected chi connectivity index (χ1v) is 9.23. The molecule has 0 radical (unpaired) electrons. The largest absolute Gasteiger partial charge is 0.451 e. The van der Waals surface area contributed by atoms with Crippen molar-refractivity contribution in [1.82, 2.24) is 10.6 Å². The van der Waals surface area contributed by atoms with Crippen LogP contribution in [0.25, 0.3) is 11.0 Å². The summed E-state index contributed by atoms with van der Waals surface area (Å²) >= 11 is 0. The summed E-state index contributed by atoms with van der Waals surface area (Å²) < 4.78 is 5.65. The smallest absolute Gasteiger partial charge is 0.287 e. The van der Waals surface area contributed by atoms with Gasteiger partial charge in [0.2, 0.25) is 5.91 Å². The molecule has 4 rings (SSSR count). The molecule has 4 unspecified atom stereocenters. The Morgan fingerprint density at radius 1 is 1.32 bits per heavy atom. The van der Waals surface area contributed by atoms with Gasteiger partial charge < -0.3 is 15.1 Å². The number of hydrogen-bond acceptors (Lipinski definition) is 3. The molecule has 1 aliphatic heterocycles. The van der Waals surface area contributed by atoms with Gasteiger partial charge in [-0.15, -0.1) is 0 Å². The number of benzene rings is 1. The number of nitrogens with one attached hydrogen (secondary N) is 2. The highest BCUT2D eigenvalue weighted by molar-refractivity contribution is 5.96. The molecule has 132 valence electrons. The van der Waals surface area contributed by atoms with E-state index in [-0.39, 0.29) is 23.9 Å². The van der Waals surface area contributed by atoms with E-state index >= 15 is 0 Å². The summed E-state index contributed by atoms with van der Waals surface area (Å²) in [5, 5.41) is 7.16. The van der Waals surface area contributed by atoms with Gasteiger partial charge in [-0.05, 0) is 43.2 Å². The highest BCUT2D eigenvalue weighted by Gasteiger charge is 2.40. The van der Waals surface area contributed by atoms with Crippen LogP contribution >= 0.6 is 0 Å². The van der Waals surface area contributed by atoms with Crippen LogP contribution in [0.3, 0.4) is 0 Å². The topological polar surface area (TPSA) is 71.3 Å². The van der Waals surface area contributed by atoms with E-state index in [0.717, 1.165) is 36.7 Å². The number of rotatable bonds is 3. The number of hydrogen-bond donors (Lipinski definition) is 2. The Labute approximate surface area is 147 Å². The van der Waals surface area contributed by atoms with Crippen LogP contribution in [0.2, 0.25) is 0 Å². The van der Waals surface area contributed by atoms with Gasteiger partial charge >= 0.3 is 0 Å². The molecule has 5 heteroatoms. The van der Waals surface area contributed by atoms with Crippen LogP contribution in [0, 0.1) is 11.8 Å². The standard InChI is InChI=1S/C20H24N2O3/c1-2-12-10-19(23)22-16-11-14(7-8-15(12)16)21-20(24)18-9-13-5-3-4-6-17(13)25-18/h3-6,9,12,14-16H,2,7-8,10-11H2,1H3,(H,21,24)(H,22,23). The van der Waals surface area contributed by atoms with E-state index in [0.29, 0.717) is 24.0 Å². The summed E-state index contributed by atoms with van der Waals surface area (Å²) in [6.07, 6.45) is 4.51. The second-order valence-corrected chi connectivity index (χ2v) is 7.34. The van der Waals surface area contributed by atoms with Crippen molar-refractivity contribution in [1.29, 1.82) is 0 Å². The fraction of sp³-hybridized carbons (Fsp3) is 0.500. The van der Waals surface area contributed by atoms with Crippen molar-refractivity contribution in [2.45, 2.75) is 51.1 Å². The Morgan fingerprint density at radius 3 is 2.96 bits per heavy atom. The maximum absolute atomic E-state index is 12.5. The zero-order chi connectivity index (χ0) is 17.4. The summed E-state index contributed by atoms with van der Waals surface area (Å²) in [5.74, 6) is 1.35. The van der Waals surface area contributed by atoms with E-state index in [2.05, 4.69) is 17.6 Å². The molecule has 1 aromatic carbocycles. The lowest BCUT2D eigenvalue weighted by Gasteiger charge is -2.43. The van der Waals surface area contributed by atoms with Gasteiger partial charge in [0.25, 0.3) is 5.91 Å². The number of amides is 2. The predicted molar refractivity (Wildman–Crippen MR) is 95.1 cm³/mol. The van der Waals surface area contributed by atoms with Crippen molar-refractivity contribution in [2.75, 3.05) is 0 Å². The fourth-order valence-electron chi connectivity index (χ4n) is 4.51. The average Bonchev–Trinajstić information content (AvgIpc) is 3.05. The zero-order valence-corrected chi connectivity index (χ0v) is 14.5. The van der Waals surface area contributed by atoms with Gasteiger partial charge in [-0.25, -0.2) is 0 Å². The van der Waals surface area contributed by atoms with Crippen molar-refractivity contribution in [3.05, 3.63) is 36.1 Å². The van der Waals surface area contributed by atoms with Crippen molar-refractivity contribution in [2.24, 2.45) is 11.8 Å². The molecule has 1 aliphatic carbocycles. The minimum atomic E-state index is -0.172. The van der Waals surface area contributed by atoms with Gasteiger partial charge in [0.15, 0.2) is 5.76 Å². The molecule has 2 aromatic rings. The molecule has 0 bridgehead atoms. The average molecular weight is 340 g/mol. The van der Waals surface area contributed by atoms with E-state index in [1.165, 1.54) is 0 Å². The van der Waals surface area contributed by atoms with E-state index in [9.17, 15) is 9.59 Å². The predicted octanol–water partition coefficient (Wildman–Crippen LogP) is 3.25. The van der Waals surface area contributed by atoms with Crippen molar-refractivity contribution in [3.8, 4) is 0 Å². The summed E-state index contributed by atoms with van der Waals surface area (Å²) in [6.45, 7) is 2.16. The second kappa shape index (κ2) is 6.54. The summed E-state index contributed by atoms with van der Waals surface area (Å²) in [6, 6.07) is 9.66. The van der Waals surface area contributed by atoms with Crippen LogP contribution < -0.4 is 10.6 Å². The maximum atomic E-state index is 12.5. The molecule has 1 saturated carbocycles. The Kier molecular flexibility index (Phi) is 4.24. The highest BCUT2D eigenvalue weighted by Crippen LogP contribution is 2.37. The first-order chi connectivity index (χ1) is 12.1. The summed E-state index contributed by atoms with van der Waals surface area (Å²) in [7, 11) is 0. The number of fused-ring (bicyclic) bond motifs is 2. The van der Waals surface area contributed by atoms with Crippen LogP contribution in [0.4, 0.5) is 0 Å². The molecule has 2 fully saturated rings. The first-order valence-electron chi connectivity index (χ1n) is 9.23. The SMILES string of the molecule is CCC1CC(=O)NC2CC(NC(=O)c3cc4ccccc4o3)CCC12. The van der Waals surface area contributed by atoms with Gasteiger partial charge in [0.05, 0.1) is 0 Å². The van der Waals surface area contributed by atoms with Gasteiger partial charge in [-0.1, -0.05) is 31.5 Å². The second-order valence-electron chi connectivity index (χ2n) is 7.34. The lowest BCUT2D eigenvalue weighted by atomic mass is 9.70. The van der Waals surface area contributed by atoms with E-state index in [1.54, 1.807) is 6.07 Å². The molecule has 1 aromatic heterocycles. The Bertz CT molecular complexity index is 764. The molecule has 4 atom stereocenters. The van der Waals surface area contributed by atoms with Crippen LogP contribution in [0.15, 0.2) is 34.7 Å². The number of furan rings is 1. The molecule has 25 heavy (non-hydrogen) atoms. The molecule has 2 aliphatic rings. The number of para-hydroxylation sites is 1. The third-order valence-electron chi connectivity index (χ3n) is 5.81. The van der Waals surface area contributed by atoms with E-state index in [1.807, 2.05) is 24.3 Å². The normalized spacial score (nSPS) is 29.1. The third kappa shape index (κ3) is 3.15. The summed E-state index contributed by atoms with van der Waals surface area (Å²) in [5.41, 5.74) is 0.724. The Hall–Kier alpha value is -2.30. The number of carbonyl (C=O) groups is 2. The maximum Gasteiger partial charge on any atom is 0.287 e. The van der Waals surface area contributed by atoms with Crippen LogP contribution in [0.1, 0.15) is 49.6 Å². The quantitative estimate of drug-likeness (QED) is 0.901. The highest BCUT2D eigenvalue weighted by atomic mass is 16.3. The van der Waals surface area contributed by atoms with E-state index in [4.69, 9.17) is 4.42 Å². The Balaban J connectivity index is 1.43. The molecule has 0 spiro atoms. The number of carbonyl (C=O) groups excluding carboxylic acids is 2. The van der Waals surface area contributed by atoms with Crippen molar-refractivity contribution in [3.63, 3.8) is 0 Å². The molecule has 2 amide bonds. The lowest BCUT2D eigenvalue weighted by Crippen LogP contribution is -2.55. The van der Waals surface area contributed by atoms with Crippen LogP contribution in [0.5, 0.6) is 0 Å². The molecular weight excluding hydrogens is 316 g/mol. The van der Waals surface area contributed by atoms with Crippen molar-refractivity contribution >= 4 is 22.8 Å². The van der Waals surface area contributed by atoms with Crippen molar-refractivity contribution < 1.29 is 14.0 Å². The minimum absolute atomic E-state index is 0.0814. The van der Waals surface area contributed by atoms with Crippen LogP contribution in [-0.4, -0.2) is 23.9 Å². The third-order valence-corrected chi connectivity index (χ3v) is 5.81. The van der Waals surface area contributed by atoms with Crippen LogP contribution in [-0.2, 0) is 4.79 Å². The number of piperidine rings is 1. The van der Waals surface area contributed by atoms with Gasteiger partial charge in [-0.2, -0.15) is 0 Å².